The normalized spacial score (nSPS) is 15.0. The standard InChI is InChI=1S/C30H31ClF2N8O/c1-4-25(20-10-6-5-7-11-20)38-28-21(15-34)16-36-29-23(28)13-22(14-24(29)31)37-27(19(2)9-8-12-35-3)26-17-41(40-39-26)30(32,33)18-42/h5-14,16-17,25,27,37,39-40,42H,2,4,18H2,1,3H3,(H,36,38)/b9-8-,35-12?/t25-,27+/m1/s1. The van der Waals surface area contributed by atoms with Gasteiger partial charge in [0.1, 0.15) is 12.7 Å². The maximum atomic E-state index is 14.2. The lowest BCUT2D eigenvalue weighted by Crippen LogP contribution is -2.50. The number of allylic oxidation sites excluding steroid dienone is 1. The molecule has 5 N–H and O–H groups in total. The lowest BCUT2D eigenvalue weighted by molar-refractivity contribution is -0.171. The maximum absolute atomic E-state index is 14.2. The van der Waals surface area contributed by atoms with Crippen molar-refractivity contribution in [2.45, 2.75) is 31.5 Å². The number of hydrogen-bond donors (Lipinski definition) is 5. The van der Waals surface area contributed by atoms with Gasteiger partial charge in [-0.25, -0.2) is 5.01 Å². The molecule has 0 unspecified atom stereocenters. The van der Waals surface area contributed by atoms with Gasteiger partial charge in [-0.1, -0.05) is 61.5 Å². The number of halogens is 3. The molecule has 218 valence electrons. The van der Waals surface area contributed by atoms with Crippen molar-refractivity contribution in [1.82, 2.24) is 21.0 Å². The van der Waals surface area contributed by atoms with Gasteiger partial charge >= 0.3 is 6.05 Å². The number of pyridine rings is 1. The van der Waals surface area contributed by atoms with Gasteiger partial charge in [0.15, 0.2) is 0 Å². The number of rotatable bonds is 12. The number of hydrazine groups is 2. The fourth-order valence-electron chi connectivity index (χ4n) is 4.48. The van der Waals surface area contributed by atoms with E-state index in [2.05, 4.69) is 44.2 Å². The Morgan fingerprint density at radius 2 is 2.07 bits per heavy atom. The Kier molecular flexibility index (Phi) is 9.75. The van der Waals surface area contributed by atoms with Crippen LogP contribution in [0.15, 0.2) is 89.9 Å². The number of benzene rings is 2. The molecule has 2 aromatic carbocycles. The van der Waals surface area contributed by atoms with Crippen LogP contribution >= 0.6 is 11.6 Å². The third kappa shape index (κ3) is 6.69. The quantitative estimate of drug-likeness (QED) is 0.104. The number of aliphatic imine (C=N–C) groups is 1. The fraction of sp³-hybridized carbons (Fsp3) is 0.233. The van der Waals surface area contributed by atoms with Crippen molar-refractivity contribution in [3.8, 4) is 6.07 Å². The smallest absolute Gasteiger partial charge is 0.362 e. The maximum Gasteiger partial charge on any atom is 0.362 e. The SMILES string of the molecule is C=C(/C=C\C=NC)[C@H](Nc1cc(Cl)c2ncc(C#N)c(N[C@H](CC)c3ccccc3)c2c1)C1=CN(C(F)(F)CO)NN1. The first-order chi connectivity index (χ1) is 20.2. The summed E-state index contributed by atoms with van der Waals surface area (Å²) in [7, 11) is 1.62. The number of hydrogen-bond acceptors (Lipinski definition) is 9. The van der Waals surface area contributed by atoms with Crippen molar-refractivity contribution in [3.05, 3.63) is 101 Å². The molecule has 3 aromatic rings. The van der Waals surface area contributed by atoms with Crippen LogP contribution < -0.4 is 21.6 Å². The molecule has 0 bridgehead atoms. The zero-order chi connectivity index (χ0) is 30.3. The lowest BCUT2D eigenvalue weighted by Gasteiger charge is -2.24. The van der Waals surface area contributed by atoms with E-state index in [1.54, 1.807) is 37.5 Å². The number of alkyl halides is 2. The second-order valence-corrected chi connectivity index (χ2v) is 9.87. The van der Waals surface area contributed by atoms with Gasteiger partial charge in [-0.15, -0.1) is 5.53 Å². The van der Waals surface area contributed by atoms with E-state index in [0.29, 0.717) is 49.1 Å². The third-order valence-electron chi connectivity index (χ3n) is 6.64. The van der Waals surface area contributed by atoms with Gasteiger partial charge < -0.3 is 21.2 Å². The van der Waals surface area contributed by atoms with E-state index in [1.807, 2.05) is 37.3 Å². The second kappa shape index (κ2) is 13.4. The molecule has 0 spiro atoms. The first kappa shape index (κ1) is 30.5. The molecule has 0 radical (unpaired) electrons. The van der Waals surface area contributed by atoms with Crippen LogP contribution in [0.25, 0.3) is 10.9 Å². The molecule has 1 aromatic heterocycles. The van der Waals surface area contributed by atoms with E-state index in [0.717, 1.165) is 18.2 Å². The van der Waals surface area contributed by atoms with Gasteiger partial charge in [0.25, 0.3) is 0 Å². The molecule has 2 atom stereocenters. The van der Waals surface area contributed by atoms with Gasteiger partial charge in [0.2, 0.25) is 0 Å². The minimum Gasteiger partial charge on any atom is -0.388 e. The van der Waals surface area contributed by atoms with Gasteiger partial charge in [0, 0.05) is 36.7 Å². The highest BCUT2D eigenvalue weighted by Crippen LogP contribution is 2.36. The van der Waals surface area contributed by atoms with Crippen LogP contribution in [-0.2, 0) is 0 Å². The number of aliphatic hydroxyl groups is 1. The van der Waals surface area contributed by atoms with Crippen LogP contribution in [0.1, 0.15) is 30.5 Å². The zero-order valence-electron chi connectivity index (χ0n) is 23.1. The number of nitrogens with one attached hydrogen (secondary N) is 4. The van der Waals surface area contributed by atoms with E-state index in [-0.39, 0.29) is 6.04 Å². The molecule has 2 heterocycles. The number of fused-ring (bicyclic) bond motifs is 1. The number of nitrogens with zero attached hydrogens (tertiary/aromatic N) is 4. The molecule has 4 rings (SSSR count). The minimum atomic E-state index is -3.55. The van der Waals surface area contributed by atoms with Crippen molar-refractivity contribution >= 4 is 40.1 Å². The van der Waals surface area contributed by atoms with Gasteiger partial charge in [-0.05, 0) is 35.8 Å². The Bertz CT molecular complexity index is 1570. The molecule has 1 aliphatic rings. The summed E-state index contributed by atoms with van der Waals surface area (Å²) in [5.41, 5.74) is 8.91. The molecule has 0 saturated heterocycles. The Morgan fingerprint density at radius 1 is 1.31 bits per heavy atom. The largest absolute Gasteiger partial charge is 0.388 e. The first-order valence-corrected chi connectivity index (χ1v) is 13.5. The summed E-state index contributed by atoms with van der Waals surface area (Å²) in [6.07, 6.45) is 8.32. The summed E-state index contributed by atoms with van der Waals surface area (Å²) in [6.45, 7) is 4.78. The molecule has 1 aliphatic heterocycles. The Hall–Kier alpha value is -4.50. The monoisotopic (exact) mass is 592 g/mol. The molecule has 9 nitrogen and oxygen atoms in total. The molecule has 0 aliphatic carbocycles. The summed E-state index contributed by atoms with van der Waals surface area (Å²) < 4.78 is 28.3. The van der Waals surface area contributed by atoms with Crippen molar-refractivity contribution in [3.63, 3.8) is 0 Å². The molecule has 0 fully saturated rings. The number of aliphatic hydroxyl groups excluding tert-OH is 1. The van der Waals surface area contributed by atoms with Crippen LogP contribution in [0, 0.1) is 11.3 Å². The van der Waals surface area contributed by atoms with Gasteiger partial charge in [0.05, 0.1) is 39.6 Å². The zero-order valence-corrected chi connectivity index (χ0v) is 23.8. The number of nitriles is 1. The number of anilines is 2. The van der Waals surface area contributed by atoms with Crippen LogP contribution in [0.3, 0.4) is 0 Å². The average Bonchev–Trinajstić information content (AvgIpc) is 3.50. The predicted molar refractivity (Wildman–Crippen MR) is 163 cm³/mol. The molecule has 12 heteroatoms. The van der Waals surface area contributed by atoms with Crippen LogP contribution in [-0.4, -0.2) is 47.1 Å². The van der Waals surface area contributed by atoms with Gasteiger partial charge in [-0.2, -0.15) is 14.0 Å². The molecular formula is C30H31ClF2N8O. The highest BCUT2D eigenvalue weighted by atomic mass is 35.5. The van der Waals surface area contributed by atoms with E-state index in [1.165, 1.54) is 6.20 Å². The van der Waals surface area contributed by atoms with Crippen molar-refractivity contribution in [1.29, 1.82) is 5.26 Å². The highest BCUT2D eigenvalue weighted by Gasteiger charge is 2.38. The molecule has 0 saturated carbocycles. The van der Waals surface area contributed by atoms with Crippen LogP contribution in [0.2, 0.25) is 5.02 Å². The van der Waals surface area contributed by atoms with E-state index in [4.69, 9.17) is 16.7 Å². The summed E-state index contributed by atoms with van der Waals surface area (Å²) >= 11 is 6.70. The van der Waals surface area contributed by atoms with Crippen molar-refractivity contribution in [2.75, 3.05) is 24.3 Å². The summed E-state index contributed by atoms with van der Waals surface area (Å²) in [5.74, 6) is 0. The van der Waals surface area contributed by atoms with E-state index >= 15 is 0 Å². The molecule has 42 heavy (non-hydrogen) atoms. The highest BCUT2D eigenvalue weighted by molar-refractivity contribution is 6.35. The number of aromatic nitrogens is 1. The Balaban J connectivity index is 1.78. The van der Waals surface area contributed by atoms with E-state index in [9.17, 15) is 14.0 Å². The van der Waals surface area contributed by atoms with Crippen molar-refractivity contribution < 1.29 is 13.9 Å². The van der Waals surface area contributed by atoms with Crippen LogP contribution in [0.5, 0.6) is 0 Å². The summed E-state index contributed by atoms with van der Waals surface area (Å²) in [5, 5.41) is 27.3. The van der Waals surface area contributed by atoms with Gasteiger partial charge in [-0.3, -0.25) is 9.98 Å². The Morgan fingerprint density at radius 3 is 2.74 bits per heavy atom. The van der Waals surface area contributed by atoms with E-state index < -0.39 is 18.7 Å². The Labute approximate surface area is 247 Å². The second-order valence-electron chi connectivity index (χ2n) is 9.46. The fourth-order valence-corrected chi connectivity index (χ4v) is 4.75. The summed E-state index contributed by atoms with van der Waals surface area (Å²) in [6, 6.07) is 11.2. The minimum absolute atomic E-state index is 0.0877. The predicted octanol–water partition coefficient (Wildman–Crippen LogP) is 5.67. The lowest BCUT2D eigenvalue weighted by atomic mass is 10.0. The molecular weight excluding hydrogens is 562 g/mol. The third-order valence-corrected chi connectivity index (χ3v) is 6.93. The first-order valence-electron chi connectivity index (χ1n) is 13.1. The van der Waals surface area contributed by atoms with Crippen molar-refractivity contribution in [2.24, 2.45) is 4.99 Å². The average molecular weight is 593 g/mol. The topological polar surface area (TPSA) is 121 Å². The molecule has 0 amide bonds. The summed E-state index contributed by atoms with van der Waals surface area (Å²) in [4.78, 5) is 8.35. The van der Waals surface area contributed by atoms with Crippen LogP contribution in [0.4, 0.5) is 20.2 Å².